The molecule has 0 atom stereocenters. The Bertz CT molecular complexity index is 1180. The number of aromatic nitrogens is 1. The van der Waals surface area contributed by atoms with E-state index >= 15 is 0 Å². The number of rotatable bonds is 4. The van der Waals surface area contributed by atoms with Gasteiger partial charge < -0.3 is 9.73 Å². The van der Waals surface area contributed by atoms with Crippen LogP contribution in [-0.2, 0) is 6.42 Å². The average Bonchev–Trinajstić information content (AvgIpc) is 3.11. The zero-order chi connectivity index (χ0) is 22.0. The predicted molar refractivity (Wildman–Crippen MR) is 121 cm³/mol. The number of aryl methyl sites for hydroxylation is 2. The Kier molecular flexibility index (Phi) is 5.99. The number of hydrogen-bond donors (Lipinski definition) is 2. The van der Waals surface area contributed by atoms with Crippen LogP contribution in [0.25, 0.3) is 0 Å². The van der Waals surface area contributed by atoms with Gasteiger partial charge in [-0.25, -0.2) is 5.43 Å². The van der Waals surface area contributed by atoms with E-state index in [1.54, 1.807) is 12.3 Å². The zero-order valence-electron chi connectivity index (χ0n) is 17.2. The number of hydrazone groups is 1. The molecule has 4 rings (SSSR count). The summed E-state index contributed by atoms with van der Waals surface area (Å²) in [6, 6.07) is 9.24. The van der Waals surface area contributed by atoms with Crippen LogP contribution < -0.4 is 10.7 Å². The summed E-state index contributed by atoms with van der Waals surface area (Å²) in [7, 11) is 0. The number of halogens is 1. The van der Waals surface area contributed by atoms with Gasteiger partial charge in [0.1, 0.15) is 5.76 Å². The molecule has 3 aromatic rings. The van der Waals surface area contributed by atoms with Gasteiger partial charge in [-0.2, -0.15) is 5.10 Å². The van der Waals surface area contributed by atoms with Gasteiger partial charge >= 0.3 is 0 Å². The van der Waals surface area contributed by atoms with Gasteiger partial charge in [0.25, 0.3) is 11.8 Å². The number of hydrogen-bond acceptors (Lipinski definition) is 5. The minimum Gasteiger partial charge on any atom is -0.455 e. The lowest BCUT2D eigenvalue weighted by atomic mass is 9.93. The van der Waals surface area contributed by atoms with E-state index in [-0.39, 0.29) is 17.6 Å². The number of nitrogens with zero attached hydrogens (tertiary/aromatic N) is 2. The van der Waals surface area contributed by atoms with Gasteiger partial charge in [0, 0.05) is 40.1 Å². The molecule has 1 aliphatic carbocycles. The summed E-state index contributed by atoms with van der Waals surface area (Å²) in [5, 5.41) is 7.21. The van der Waals surface area contributed by atoms with Crippen LogP contribution in [0.4, 0.5) is 5.69 Å². The molecule has 2 heterocycles. The molecule has 0 saturated carbocycles. The summed E-state index contributed by atoms with van der Waals surface area (Å²) in [5.41, 5.74) is 7.03. The number of amides is 2. The van der Waals surface area contributed by atoms with E-state index in [4.69, 9.17) is 4.42 Å². The number of nitrogens with one attached hydrogen (secondary N) is 2. The molecule has 1 aliphatic rings. The van der Waals surface area contributed by atoms with E-state index in [0.29, 0.717) is 27.9 Å². The van der Waals surface area contributed by atoms with Gasteiger partial charge in [-0.1, -0.05) is 17.7 Å². The normalized spacial score (nSPS) is 14.2. The van der Waals surface area contributed by atoms with Crippen LogP contribution in [0.1, 0.15) is 56.2 Å². The summed E-state index contributed by atoms with van der Waals surface area (Å²) < 4.78 is 6.62. The largest absolute Gasteiger partial charge is 0.455 e. The average molecular weight is 481 g/mol. The van der Waals surface area contributed by atoms with E-state index in [1.165, 1.54) is 6.20 Å². The Labute approximate surface area is 188 Å². The maximum atomic E-state index is 12.8. The number of furan rings is 1. The van der Waals surface area contributed by atoms with E-state index < -0.39 is 0 Å². The van der Waals surface area contributed by atoms with Crippen LogP contribution in [0.2, 0.25) is 0 Å². The highest BCUT2D eigenvalue weighted by molar-refractivity contribution is 9.10. The quantitative estimate of drug-likeness (QED) is 0.525. The van der Waals surface area contributed by atoms with Crippen molar-refractivity contribution < 1.29 is 14.0 Å². The second-order valence-corrected chi connectivity index (χ2v) is 8.33. The van der Waals surface area contributed by atoms with Crippen molar-refractivity contribution in [3.8, 4) is 0 Å². The number of carbonyl (C=O) groups is 2. The molecular formula is C23H21BrN4O3. The molecule has 2 N–H and O–H groups in total. The first kappa shape index (κ1) is 21.0. The third kappa shape index (κ3) is 4.59. The van der Waals surface area contributed by atoms with Crippen molar-refractivity contribution in [3.63, 3.8) is 0 Å². The van der Waals surface area contributed by atoms with Crippen molar-refractivity contribution in [1.29, 1.82) is 0 Å². The molecule has 8 heteroatoms. The van der Waals surface area contributed by atoms with Crippen LogP contribution in [0.3, 0.4) is 0 Å². The molecule has 2 aromatic heterocycles. The summed E-state index contributed by atoms with van der Waals surface area (Å²) in [6.45, 7) is 3.83. The van der Waals surface area contributed by atoms with Gasteiger partial charge in [0.15, 0.2) is 5.76 Å². The SMILES string of the molecule is Cc1ccc(NC(=O)c2oc3c(c2C)/C(=N/NC(=O)c2cncc(Br)c2)CCC3)cc1. The number of fused-ring (bicyclic) bond motifs is 1. The highest BCUT2D eigenvalue weighted by atomic mass is 79.9. The van der Waals surface area contributed by atoms with Gasteiger partial charge in [-0.05, 0) is 60.8 Å². The Hall–Kier alpha value is -3.26. The molecule has 158 valence electrons. The summed E-state index contributed by atoms with van der Waals surface area (Å²) in [5.74, 6) is 0.323. The fourth-order valence-electron chi connectivity index (χ4n) is 3.54. The van der Waals surface area contributed by atoms with E-state index in [0.717, 1.165) is 35.3 Å². The van der Waals surface area contributed by atoms with Crippen LogP contribution in [0, 0.1) is 13.8 Å². The second-order valence-electron chi connectivity index (χ2n) is 7.42. The van der Waals surface area contributed by atoms with Gasteiger partial charge in [-0.15, -0.1) is 0 Å². The van der Waals surface area contributed by atoms with E-state index in [9.17, 15) is 9.59 Å². The molecule has 0 saturated heterocycles. The Balaban J connectivity index is 1.56. The Morgan fingerprint density at radius 3 is 2.61 bits per heavy atom. The van der Waals surface area contributed by atoms with Crippen molar-refractivity contribution in [3.05, 3.63) is 81.0 Å². The van der Waals surface area contributed by atoms with Gasteiger partial charge in [0.2, 0.25) is 0 Å². The summed E-state index contributed by atoms with van der Waals surface area (Å²) in [4.78, 5) is 29.2. The van der Waals surface area contributed by atoms with E-state index in [1.807, 2.05) is 38.1 Å². The van der Waals surface area contributed by atoms with Crippen molar-refractivity contribution in [2.45, 2.75) is 33.1 Å². The van der Waals surface area contributed by atoms with Crippen molar-refractivity contribution in [2.75, 3.05) is 5.32 Å². The molecule has 0 radical (unpaired) electrons. The minimum atomic E-state index is -0.355. The molecule has 0 bridgehead atoms. The fraction of sp³-hybridized carbons (Fsp3) is 0.217. The molecular weight excluding hydrogens is 460 g/mol. The third-order valence-electron chi connectivity index (χ3n) is 5.10. The number of benzene rings is 1. The molecule has 0 fully saturated rings. The topological polar surface area (TPSA) is 96.6 Å². The first-order valence-corrected chi connectivity index (χ1v) is 10.7. The van der Waals surface area contributed by atoms with Crippen molar-refractivity contribution >= 4 is 39.1 Å². The first-order valence-electron chi connectivity index (χ1n) is 9.90. The highest BCUT2D eigenvalue weighted by Gasteiger charge is 2.28. The molecule has 7 nitrogen and oxygen atoms in total. The standard InChI is InChI=1S/C23H21BrN4O3/c1-13-6-8-17(9-7-13)26-23(30)21-14(2)20-18(4-3-5-19(20)31-21)27-28-22(29)15-10-16(24)12-25-11-15/h6-12H,3-5H2,1-2H3,(H,26,30)(H,28,29)/b27-18+. The van der Waals surface area contributed by atoms with Gasteiger partial charge in [0.05, 0.1) is 11.3 Å². The molecule has 0 aliphatic heterocycles. The third-order valence-corrected chi connectivity index (χ3v) is 5.53. The molecule has 0 unspecified atom stereocenters. The number of anilines is 1. The van der Waals surface area contributed by atoms with Crippen molar-refractivity contribution in [2.24, 2.45) is 5.10 Å². The maximum Gasteiger partial charge on any atom is 0.291 e. The fourth-order valence-corrected chi connectivity index (χ4v) is 3.91. The van der Waals surface area contributed by atoms with Crippen LogP contribution in [0.15, 0.2) is 56.7 Å². The molecule has 31 heavy (non-hydrogen) atoms. The molecule has 2 amide bonds. The van der Waals surface area contributed by atoms with E-state index in [2.05, 4.69) is 36.8 Å². The smallest absolute Gasteiger partial charge is 0.291 e. The van der Waals surface area contributed by atoms with Crippen molar-refractivity contribution in [1.82, 2.24) is 10.4 Å². The minimum absolute atomic E-state index is 0.266. The molecule has 0 spiro atoms. The zero-order valence-corrected chi connectivity index (χ0v) is 18.7. The Morgan fingerprint density at radius 1 is 1.10 bits per heavy atom. The second kappa shape index (κ2) is 8.85. The predicted octanol–water partition coefficient (Wildman–Crippen LogP) is 4.78. The van der Waals surface area contributed by atoms with Crippen LogP contribution in [-0.4, -0.2) is 22.5 Å². The van der Waals surface area contributed by atoms with Crippen LogP contribution >= 0.6 is 15.9 Å². The lowest BCUT2D eigenvalue weighted by molar-refractivity contribution is 0.0953. The number of carbonyl (C=O) groups excluding carboxylic acids is 2. The monoisotopic (exact) mass is 480 g/mol. The number of pyridine rings is 1. The lowest BCUT2D eigenvalue weighted by Gasteiger charge is -2.13. The maximum absolute atomic E-state index is 12.8. The summed E-state index contributed by atoms with van der Waals surface area (Å²) >= 11 is 3.30. The highest BCUT2D eigenvalue weighted by Crippen LogP contribution is 2.30. The molecule has 1 aromatic carbocycles. The summed E-state index contributed by atoms with van der Waals surface area (Å²) in [6.07, 6.45) is 5.31. The lowest BCUT2D eigenvalue weighted by Crippen LogP contribution is -2.22. The van der Waals surface area contributed by atoms with Crippen LogP contribution in [0.5, 0.6) is 0 Å². The first-order chi connectivity index (χ1) is 14.9. The Morgan fingerprint density at radius 2 is 1.87 bits per heavy atom. The van der Waals surface area contributed by atoms with Gasteiger partial charge in [-0.3, -0.25) is 14.6 Å².